The van der Waals surface area contributed by atoms with Crippen molar-refractivity contribution in [1.82, 2.24) is 4.90 Å². The van der Waals surface area contributed by atoms with E-state index in [9.17, 15) is 9.59 Å². The summed E-state index contributed by atoms with van der Waals surface area (Å²) in [6.45, 7) is 2.49. The van der Waals surface area contributed by atoms with Crippen molar-refractivity contribution in [3.05, 3.63) is 28.4 Å². The van der Waals surface area contributed by atoms with Gasteiger partial charge in [0.1, 0.15) is 6.54 Å². The molecule has 0 fully saturated rings. The molecule has 0 radical (unpaired) electrons. The molecule has 0 spiro atoms. The minimum absolute atomic E-state index is 0.0126. The predicted molar refractivity (Wildman–Crippen MR) is 103 cm³/mol. The molecule has 110 valence electrons. The van der Waals surface area contributed by atoms with Crippen molar-refractivity contribution in [3.8, 4) is 0 Å². The molecule has 0 atom stereocenters. The molecule has 0 N–H and O–H groups in total. The Kier molecular flexibility index (Phi) is 8.01. The van der Waals surface area contributed by atoms with Crippen LogP contribution in [0.4, 0.5) is 0 Å². The first-order chi connectivity index (χ1) is 9.40. The Morgan fingerprint density at radius 2 is 1.90 bits per heavy atom. The van der Waals surface area contributed by atoms with Crippen LogP contribution in [0.15, 0.2) is 12.1 Å². The summed E-state index contributed by atoms with van der Waals surface area (Å²) in [5.41, 5.74) is 0.638. The van der Waals surface area contributed by atoms with Crippen molar-refractivity contribution < 1.29 is 14.3 Å². The van der Waals surface area contributed by atoms with Crippen molar-refractivity contribution in [3.63, 3.8) is 0 Å². The van der Waals surface area contributed by atoms with E-state index in [1.165, 1.54) is 12.0 Å². The Balaban J connectivity index is 3.09. The molecule has 1 amide bonds. The van der Waals surface area contributed by atoms with E-state index in [-0.39, 0.29) is 12.5 Å². The van der Waals surface area contributed by atoms with Gasteiger partial charge in [-0.05, 0) is 86.3 Å². The van der Waals surface area contributed by atoms with Crippen molar-refractivity contribution >= 4 is 79.6 Å². The second-order valence-electron chi connectivity index (χ2n) is 4.05. The van der Waals surface area contributed by atoms with Crippen molar-refractivity contribution in [2.75, 3.05) is 20.2 Å². The average Bonchev–Trinajstić information content (AvgIpc) is 2.41. The van der Waals surface area contributed by atoms with Crippen molar-refractivity contribution in [2.45, 2.75) is 13.3 Å². The van der Waals surface area contributed by atoms with Crippen LogP contribution in [0, 0.1) is 10.7 Å². The Labute approximate surface area is 159 Å². The van der Waals surface area contributed by atoms with E-state index in [0.717, 1.165) is 17.1 Å². The van der Waals surface area contributed by atoms with Gasteiger partial charge < -0.3 is 9.64 Å². The number of hydrogen-bond acceptors (Lipinski definition) is 3. The fraction of sp³-hybridized carbons (Fsp3) is 0.385. The number of hydrogen-bond donors (Lipinski definition) is 0. The zero-order valence-corrected chi connectivity index (χ0v) is 17.6. The van der Waals surface area contributed by atoms with E-state index < -0.39 is 5.97 Å². The minimum Gasteiger partial charge on any atom is -0.468 e. The average molecular weight is 613 g/mol. The van der Waals surface area contributed by atoms with Gasteiger partial charge in [0.25, 0.3) is 5.91 Å². The molecule has 1 aromatic carbocycles. The monoisotopic (exact) mass is 613 g/mol. The first-order valence-electron chi connectivity index (χ1n) is 5.91. The largest absolute Gasteiger partial charge is 0.468 e. The lowest BCUT2D eigenvalue weighted by Crippen LogP contribution is -2.37. The molecule has 7 heteroatoms. The summed E-state index contributed by atoms with van der Waals surface area (Å²) in [6.07, 6.45) is 0.792. The standard InChI is InChI=1S/C13H14I3NO3/c1-3-4-17(7-11(18)20-2)13(19)9-5-8(14)6-10(15)12(9)16/h5-6H,3-4,7H2,1-2H3. The molecular weight excluding hydrogens is 599 g/mol. The van der Waals surface area contributed by atoms with E-state index in [0.29, 0.717) is 12.1 Å². The molecular formula is C13H14I3NO3. The highest BCUT2D eigenvalue weighted by Gasteiger charge is 2.22. The molecule has 1 aromatic rings. The third-order valence-corrected chi connectivity index (χ3v) is 6.22. The number of carbonyl (C=O) groups excluding carboxylic acids is 2. The van der Waals surface area contributed by atoms with Gasteiger partial charge in [0.05, 0.1) is 12.7 Å². The van der Waals surface area contributed by atoms with Crippen LogP contribution >= 0.6 is 67.8 Å². The summed E-state index contributed by atoms with van der Waals surface area (Å²) in [5, 5.41) is 0. The van der Waals surface area contributed by atoms with E-state index in [1.54, 1.807) is 0 Å². The van der Waals surface area contributed by atoms with Crippen LogP contribution in [0.2, 0.25) is 0 Å². The number of amides is 1. The second kappa shape index (κ2) is 8.71. The topological polar surface area (TPSA) is 46.6 Å². The molecule has 1 rings (SSSR count). The van der Waals surface area contributed by atoms with Gasteiger partial charge in [0.15, 0.2) is 0 Å². The van der Waals surface area contributed by atoms with E-state index >= 15 is 0 Å². The maximum atomic E-state index is 12.6. The summed E-state index contributed by atoms with van der Waals surface area (Å²) < 4.78 is 7.61. The molecule has 0 aromatic heterocycles. The highest BCUT2D eigenvalue weighted by molar-refractivity contribution is 14.1. The quantitative estimate of drug-likeness (QED) is 0.291. The third-order valence-electron chi connectivity index (χ3n) is 2.55. The van der Waals surface area contributed by atoms with E-state index in [2.05, 4.69) is 72.5 Å². The minimum atomic E-state index is -0.401. The van der Waals surface area contributed by atoms with Crippen LogP contribution < -0.4 is 0 Å². The van der Waals surface area contributed by atoms with Crippen molar-refractivity contribution in [1.29, 1.82) is 0 Å². The Hall–Kier alpha value is 0.350. The fourth-order valence-electron chi connectivity index (χ4n) is 1.62. The van der Waals surface area contributed by atoms with E-state index in [4.69, 9.17) is 0 Å². The Morgan fingerprint density at radius 1 is 1.25 bits per heavy atom. The predicted octanol–water partition coefficient (Wildman–Crippen LogP) is 3.53. The zero-order valence-electron chi connectivity index (χ0n) is 11.1. The third kappa shape index (κ3) is 4.97. The van der Waals surface area contributed by atoms with Gasteiger partial charge in [-0.2, -0.15) is 0 Å². The molecule has 0 aliphatic carbocycles. The molecule has 0 aliphatic rings. The SMILES string of the molecule is CCCN(CC(=O)OC)C(=O)c1cc(I)cc(I)c1I. The summed E-state index contributed by atoms with van der Waals surface area (Å²) in [5.74, 6) is -0.528. The van der Waals surface area contributed by atoms with Crippen LogP contribution in [0.3, 0.4) is 0 Å². The number of carbonyl (C=O) groups is 2. The normalized spacial score (nSPS) is 10.2. The molecule has 0 saturated carbocycles. The lowest BCUT2D eigenvalue weighted by atomic mass is 10.2. The lowest BCUT2D eigenvalue weighted by molar-refractivity contribution is -0.141. The highest BCUT2D eigenvalue weighted by Crippen LogP contribution is 2.24. The molecule has 20 heavy (non-hydrogen) atoms. The van der Waals surface area contributed by atoms with Crippen LogP contribution in [0.5, 0.6) is 0 Å². The van der Waals surface area contributed by atoms with Gasteiger partial charge >= 0.3 is 5.97 Å². The summed E-state index contributed by atoms with van der Waals surface area (Å²) in [7, 11) is 1.33. The number of methoxy groups -OCH3 is 1. The van der Waals surface area contributed by atoms with Gasteiger partial charge in [-0.1, -0.05) is 6.92 Å². The van der Waals surface area contributed by atoms with Gasteiger partial charge in [-0.25, -0.2) is 0 Å². The number of halogens is 3. The highest BCUT2D eigenvalue weighted by atomic mass is 127. The Morgan fingerprint density at radius 3 is 2.45 bits per heavy atom. The first kappa shape index (κ1) is 18.4. The molecule has 0 heterocycles. The Bertz CT molecular complexity index is 520. The summed E-state index contributed by atoms with van der Waals surface area (Å²) in [4.78, 5) is 25.6. The first-order valence-corrected chi connectivity index (χ1v) is 9.15. The van der Waals surface area contributed by atoms with Crippen LogP contribution in [-0.2, 0) is 9.53 Å². The molecule has 0 unspecified atom stereocenters. The number of rotatable bonds is 5. The summed E-state index contributed by atoms with van der Waals surface area (Å²) in [6, 6.07) is 3.87. The number of benzene rings is 1. The van der Waals surface area contributed by atoms with Gasteiger partial charge in [0.2, 0.25) is 0 Å². The molecule has 4 nitrogen and oxygen atoms in total. The smallest absolute Gasteiger partial charge is 0.325 e. The van der Waals surface area contributed by atoms with Gasteiger partial charge in [-0.15, -0.1) is 0 Å². The summed E-state index contributed by atoms with van der Waals surface area (Å²) >= 11 is 6.57. The van der Waals surface area contributed by atoms with Gasteiger partial charge in [0, 0.05) is 17.3 Å². The van der Waals surface area contributed by atoms with Crippen LogP contribution in [0.25, 0.3) is 0 Å². The van der Waals surface area contributed by atoms with Gasteiger partial charge in [-0.3, -0.25) is 9.59 Å². The van der Waals surface area contributed by atoms with Crippen molar-refractivity contribution in [2.24, 2.45) is 0 Å². The maximum absolute atomic E-state index is 12.6. The molecule has 0 saturated heterocycles. The van der Waals surface area contributed by atoms with Crippen LogP contribution in [0.1, 0.15) is 23.7 Å². The number of ether oxygens (including phenoxy) is 1. The number of esters is 1. The molecule has 0 bridgehead atoms. The van der Waals surface area contributed by atoms with Crippen LogP contribution in [-0.4, -0.2) is 37.0 Å². The fourth-order valence-corrected chi connectivity index (χ4v) is 4.01. The second-order valence-corrected chi connectivity index (χ2v) is 7.54. The zero-order chi connectivity index (χ0) is 15.3. The van der Waals surface area contributed by atoms with E-state index in [1.807, 2.05) is 19.1 Å². The maximum Gasteiger partial charge on any atom is 0.325 e. The number of nitrogens with zero attached hydrogens (tertiary/aromatic N) is 1. The lowest BCUT2D eigenvalue weighted by Gasteiger charge is -2.21. The molecule has 0 aliphatic heterocycles.